The largest absolute Gasteiger partial charge is 0.296 e. The Morgan fingerprint density at radius 1 is 0.903 bits per heavy atom. The van der Waals surface area contributed by atoms with Crippen molar-refractivity contribution in [1.82, 2.24) is 9.55 Å². The Kier molecular flexibility index (Phi) is 4.52. The van der Waals surface area contributed by atoms with Crippen LogP contribution in [-0.2, 0) is 12.5 Å². The number of imidazole rings is 1. The quantitative estimate of drug-likeness (QED) is 0.290. The lowest BCUT2D eigenvalue weighted by molar-refractivity contribution is -0.633. The van der Waals surface area contributed by atoms with Gasteiger partial charge in [0.2, 0.25) is 0 Å². The van der Waals surface area contributed by atoms with Crippen LogP contribution in [0.4, 0.5) is 0 Å². The maximum Gasteiger partial charge on any atom is 0.296 e. The molecule has 2 heterocycles. The molecule has 5 rings (SSSR count). The molecule has 0 saturated heterocycles. The maximum atomic E-state index is 4.77. The summed E-state index contributed by atoms with van der Waals surface area (Å²) < 4.78 is 5.98. The maximum absolute atomic E-state index is 4.77. The van der Waals surface area contributed by atoms with Crippen molar-refractivity contribution in [2.45, 2.75) is 40.0 Å². The zero-order chi connectivity index (χ0) is 21.9. The first kappa shape index (κ1) is 20.0. The summed E-state index contributed by atoms with van der Waals surface area (Å²) in [6.07, 6.45) is 0. The molecule has 3 aromatic carbocycles. The van der Waals surface area contributed by atoms with E-state index < -0.39 is 0 Å². The molecule has 0 bridgehead atoms. The van der Waals surface area contributed by atoms with Crippen LogP contribution in [0, 0.1) is 13.8 Å². The Morgan fingerprint density at radius 2 is 1.61 bits per heavy atom. The van der Waals surface area contributed by atoms with Gasteiger partial charge < -0.3 is 0 Å². The third kappa shape index (κ3) is 3.17. The first-order valence-corrected chi connectivity index (χ1v) is 11.5. The van der Waals surface area contributed by atoms with E-state index in [9.17, 15) is 0 Å². The molecule has 4 heteroatoms. The molecular weight excluding hydrogens is 398 g/mol. The van der Waals surface area contributed by atoms with Crippen molar-refractivity contribution in [2.24, 2.45) is 7.05 Å². The van der Waals surface area contributed by atoms with Gasteiger partial charge in [-0.15, -0.1) is 11.3 Å². The lowest BCUT2D eigenvalue weighted by Gasteiger charge is -2.18. The van der Waals surface area contributed by atoms with E-state index in [0.29, 0.717) is 0 Å². The van der Waals surface area contributed by atoms with Gasteiger partial charge in [0, 0.05) is 0 Å². The number of aryl methyl sites for hydroxylation is 3. The molecule has 5 aromatic rings. The molecule has 0 radical (unpaired) electrons. The van der Waals surface area contributed by atoms with E-state index in [-0.39, 0.29) is 5.41 Å². The third-order valence-electron chi connectivity index (χ3n) is 6.10. The summed E-state index contributed by atoms with van der Waals surface area (Å²) in [5.41, 5.74) is 8.68. The predicted molar refractivity (Wildman–Crippen MR) is 131 cm³/mol. The standard InChI is InChI=1S/C27H28N3S/c1-17-11-16-21-25(31-18(2)28-21)24(17)26-29(6)22-9-7-8-10-23(22)30(26)20-14-12-19(13-15-20)27(3,4)5/h7-16H,1-6H3/q+1. The minimum absolute atomic E-state index is 0.132. The fourth-order valence-corrected chi connectivity index (χ4v) is 5.46. The van der Waals surface area contributed by atoms with Gasteiger partial charge in [-0.25, -0.2) is 9.55 Å². The van der Waals surface area contributed by atoms with Crippen molar-refractivity contribution in [3.63, 3.8) is 0 Å². The summed E-state index contributed by atoms with van der Waals surface area (Å²) in [6.45, 7) is 11.1. The van der Waals surface area contributed by atoms with Crippen molar-refractivity contribution in [1.29, 1.82) is 0 Å². The predicted octanol–water partition coefficient (Wildman–Crippen LogP) is 6.65. The number of hydrogen-bond donors (Lipinski definition) is 0. The monoisotopic (exact) mass is 426 g/mol. The minimum atomic E-state index is 0.132. The fourth-order valence-electron chi connectivity index (χ4n) is 4.45. The highest BCUT2D eigenvalue weighted by Crippen LogP contribution is 2.37. The van der Waals surface area contributed by atoms with Crippen LogP contribution in [0.2, 0.25) is 0 Å². The van der Waals surface area contributed by atoms with Gasteiger partial charge in [0.1, 0.15) is 5.69 Å². The molecule has 0 saturated carbocycles. The van der Waals surface area contributed by atoms with Crippen LogP contribution in [-0.4, -0.2) is 9.55 Å². The normalized spacial score (nSPS) is 12.2. The Morgan fingerprint density at radius 3 is 2.32 bits per heavy atom. The van der Waals surface area contributed by atoms with Gasteiger partial charge in [0.15, 0.2) is 11.0 Å². The first-order chi connectivity index (χ1) is 14.8. The van der Waals surface area contributed by atoms with Gasteiger partial charge in [-0.05, 0) is 60.7 Å². The van der Waals surface area contributed by atoms with Crippen molar-refractivity contribution in [3.8, 4) is 17.1 Å². The second-order valence-corrected chi connectivity index (χ2v) is 10.5. The molecule has 2 aromatic heterocycles. The van der Waals surface area contributed by atoms with E-state index in [4.69, 9.17) is 4.98 Å². The number of fused-ring (bicyclic) bond motifs is 2. The van der Waals surface area contributed by atoms with E-state index in [0.717, 1.165) is 10.5 Å². The van der Waals surface area contributed by atoms with Crippen LogP contribution in [0.5, 0.6) is 0 Å². The summed E-state index contributed by atoms with van der Waals surface area (Å²) in [7, 11) is 2.17. The Labute approximate surface area is 187 Å². The summed E-state index contributed by atoms with van der Waals surface area (Å²) >= 11 is 1.78. The SMILES string of the molecule is Cc1nc2ccc(C)c(-c3n(-c4ccc(C(C)(C)C)cc4)c4ccccc4[n+]3C)c2s1. The highest BCUT2D eigenvalue weighted by atomic mass is 32.1. The number of para-hydroxylation sites is 2. The summed E-state index contributed by atoms with van der Waals surface area (Å²) in [6, 6.07) is 22.0. The van der Waals surface area contributed by atoms with E-state index >= 15 is 0 Å². The van der Waals surface area contributed by atoms with Crippen LogP contribution in [0.15, 0.2) is 60.7 Å². The first-order valence-electron chi connectivity index (χ1n) is 10.7. The summed E-state index contributed by atoms with van der Waals surface area (Å²) in [5, 5.41) is 1.10. The van der Waals surface area contributed by atoms with Gasteiger partial charge in [-0.3, -0.25) is 0 Å². The summed E-state index contributed by atoms with van der Waals surface area (Å²) in [4.78, 5) is 4.77. The minimum Gasteiger partial charge on any atom is -0.241 e. The van der Waals surface area contributed by atoms with Crippen molar-refractivity contribution >= 4 is 32.6 Å². The van der Waals surface area contributed by atoms with Crippen LogP contribution in [0.3, 0.4) is 0 Å². The molecule has 0 aliphatic heterocycles. The molecule has 3 nitrogen and oxygen atoms in total. The average molecular weight is 427 g/mol. The smallest absolute Gasteiger partial charge is 0.241 e. The van der Waals surface area contributed by atoms with Gasteiger partial charge in [-0.2, -0.15) is 4.57 Å². The Hall–Kier alpha value is -2.98. The highest BCUT2D eigenvalue weighted by molar-refractivity contribution is 7.19. The Balaban J connectivity index is 1.87. The van der Waals surface area contributed by atoms with Crippen LogP contribution in [0.1, 0.15) is 36.9 Å². The van der Waals surface area contributed by atoms with Crippen LogP contribution in [0.25, 0.3) is 38.3 Å². The zero-order valence-electron chi connectivity index (χ0n) is 19.0. The lowest BCUT2D eigenvalue weighted by atomic mass is 9.87. The van der Waals surface area contributed by atoms with Crippen molar-refractivity contribution in [2.75, 3.05) is 0 Å². The molecule has 0 aliphatic rings. The molecule has 0 amide bonds. The van der Waals surface area contributed by atoms with E-state index in [1.807, 2.05) is 0 Å². The number of nitrogens with zero attached hydrogens (tertiary/aromatic N) is 3. The third-order valence-corrected chi connectivity index (χ3v) is 7.11. The molecule has 0 fully saturated rings. The topological polar surface area (TPSA) is 21.7 Å². The van der Waals surface area contributed by atoms with Crippen LogP contribution < -0.4 is 4.57 Å². The van der Waals surface area contributed by atoms with E-state index in [1.165, 1.54) is 43.9 Å². The van der Waals surface area contributed by atoms with E-state index in [2.05, 4.69) is 111 Å². The lowest BCUT2D eigenvalue weighted by Crippen LogP contribution is -2.30. The fraction of sp³-hybridized carbons (Fsp3) is 0.259. The molecule has 156 valence electrons. The Bertz CT molecular complexity index is 1430. The van der Waals surface area contributed by atoms with Crippen LogP contribution >= 0.6 is 11.3 Å². The number of aromatic nitrogens is 3. The van der Waals surface area contributed by atoms with Gasteiger partial charge in [0.25, 0.3) is 5.82 Å². The molecule has 0 unspecified atom stereocenters. The average Bonchev–Trinajstić information content (AvgIpc) is 3.25. The van der Waals surface area contributed by atoms with Gasteiger partial charge in [-0.1, -0.05) is 51.1 Å². The molecular formula is C27H28N3S+. The van der Waals surface area contributed by atoms with Crippen molar-refractivity contribution < 1.29 is 4.57 Å². The number of thiazole rings is 1. The number of benzene rings is 3. The number of hydrogen-bond acceptors (Lipinski definition) is 2. The van der Waals surface area contributed by atoms with Crippen molar-refractivity contribution in [3.05, 3.63) is 76.8 Å². The molecule has 31 heavy (non-hydrogen) atoms. The molecule has 0 aliphatic carbocycles. The van der Waals surface area contributed by atoms with E-state index in [1.54, 1.807) is 11.3 Å². The van der Waals surface area contributed by atoms with Gasteiger partial charge in [0.05, 0.1) is 27.8 Å². The zero-order valence-corrected chi connectivity index (χ0v) is 19.8. The second-order valence-electron chi connectivity index (χ2n) is 9.34. The van der Waals surface area contributed by atoms with Gasteiger partial charge >= 0.3 is 0 Å². The molecule has 0 N–H and O–H groups in total. The number of rotatable bonds is 2. The second kappa shape index (κ2) is 7.03. The summed E-state index contributed by atoms with van der Waals surface area (Å²) in [5.74, 6) is 1.19. The highest BCUT2D eigenvalue weighted by Gasteiger charge is 2.29. The molecule has 0 atom stereocenters. The molecule has 0 spiro atoms.